The van der Waals surface area contributed by atoms with Crippen molar-refractivity contribution >= 4 is 18.0 Å². The largest absolute Gasteiger partial charge is 0.479 e. The van der Waals surface area contributed by atoms with Crippen molar-refractivity contribution < 1.29 is 29.1 Å². The van der Waals surface area contributed by atoms with Crippen LogP contribution in [0.2, 0.25) is 0 Å². The van der Waals surface area contributed by atoms with Crippen LogP contribution >= 0.6 is 0 Å². The highest BCUT2D eigenvalue weighted by atomic mass is 16.7. The van der Waals surface area contributed by atoms with Gasteiger partial charge in [0.25, 0.3) is 0 Å². The molecule has 0 aliphatic heterocycles. The summed E-state index contributed by atoms with van der Waals surface area (Å²) in [4.78, 5) is 41.0. The number of carboxylic acids is 1. The number of carbonyl (C=O) groups is 3. The average Bonchev–Trinajstić information content (AvgIpc) is 3.53. The quantitative estimate of drug-likeness (QED) is 0.501. The SMILES string of the molecule is CC(C)(CC(=O)NOC(C(=O)O)C1CC1)NC(=O)OCC1c2ccccc2-c2ccccc21. The molecule has 174 valence electrons. The lowest BCUT2D eigenvalue weighted by Gasteiger charge is -2.26. The maximum absolute atomic E-state index is 12.5. The van der Waals surface area contributed by atoms with Crippen LogP contribution in [0.4, 0.5) is 4.79 Å². The smallest absolute Gasteiger partial charge is 0.407 e. The molecule has 4 rings (SSSR count). The zero-order chi connectivity index (χ0) is 23.6. The monoisotopic (exact) mass is 452 g/mol. The van der Waals surface area contributed by atoms with Gasteiger partial charge < -0.3 is 15.2 Å². The number of ether oxygens (including phenoxy) is 1. The third-order valence-corrected chi connectivity index (χ3v) is 5.98. The molecule has 8 heteroatoms. The highest BCUT2D eigenvalue weighted by Crippen LogP contribution is 2.44. The van der Waals surface area contributed by atoms with Crippen LogP contribution in [-0.2, 0) is 19.2 Å². The number of alkyl carbamates (subject to hydrolysis) is 1. The summed E-state index contributed by atoms with van der Waals surface area (Å²) in [6.07, 6.45) is -0.249. The van der Waals surface area contributed by atoms with Gasteiger partial charge in [0.2, 0.25) is 5.91 Å². The minimum absolute atomic E-state index is 0.0571. The summed E-state index contributed by atoms with van der Waals surface area (Å²) < 4.78 is 5.54. The van der Waals surface area contributed by atoms with Gasteiger partial charge in [0.1, 0.15) is 6.61 Å². The summed E-state index contributed by atoms with van der Waals surface area (Å²) in [5, 5.41) is 11.9. The van der Waals surface area contributed by atoms with Crippen molar-refractivity contribution in [3.8, 4) is 11.1 Å². The van der Waals surface area contributed by atoms with Crippen molar-refractivity contribution in [3.05, 3.63) is 59.7 Å². The normalized spacial score (nSPS) is 15.8. The number of aliphatic carboxylic acids is 1. The molecule has 2 aromatic carbocycles. The Bertz CT molecular complexity index is 1020. The standard InChI is InChI=1S/C25H28N2O6/c1-25(2,13-21(28)27-33-22(23(29)30)15-11-12-15)26-24(31)32-14-20-18-9-5-3-7-16(18)17-8-4-6-10-19(17)20/h3-10,15,20,22H,11-14H2,1-2H3,(H,26,31)(H,27,28)(H,29,30). The maximum atomic E-state index is 12.5. The predicted octanol–water partition coefficient (Wildman–Crippen LogP) is 3.60. The molecule has 0 aromatic heterocycles. The highest BCUT2D eigenvalue weighted by Gasteiger charge is 2.38. The van der Waals surface area contributed by atoms with E-state index >= 15 is 0 Å². The lowest BCUT2D eigenvalue weighted by molar-refractivity contribution is -0.162. The lowest BCUT2D eigenvalue weighted by atomic mass is 9.98. The van der Waals surface area contributed by atoms with Crippen LogP contribution in [0.15, 0.2) is 48.5 Å². The average molecular weight is 453 g/mol. The fourth-order valence-corrected chi connectivity index (χ4v) is 4.27. The molecule has 2 aliphatic rings. The van der Waals surface area contributed by atoms with Gasteiger partial charge in [0, 0.05) is 11.5 Å². The number of hydroxylamine groups is 1. The van der Waals surface area contributed by atoms with E-state index in [1.165, 1.54) is 0 Å². The first-order chi connectivity index (χ1) is 15.7. The van der Waals surface area contributed by atoms with Crippen LogP contribution < -0.4 is 10.8 Å². The van der Waals surface area contributed by atoms with E-state index in [0.29, 0.717) is 0 Å². The number of hydrogen-bond donors (Lipinski definition) is 3. The van der Waals surface area contributed by atoms with E-state index in [1.54, 1.807) is 13.8 Å². The molecule has 0 saturated heterocycles. The van der Waals surface area contributed by atoms with Crippen LogP contribution in [-0.4, -0.2) is 41.3 Å². The minimum atomic E-state index is -1.10. The van der Waals surface area contributed by atoms with Crippen LogP contribution in [0.3, 0.4) is 0 Å². The third-order valence-electron chi connectivity index (χ3n) is 5.98. The summed E-state index contributed by atoms with van der Waals surface area (Å²) in [7, 11) is 0. The van der Waals surface area contributed by atoms with Crippen molar-refractivity contribution in [2.24, 2.45) is 5.92 Å². The molecule has 0 heterocycles. The van der Waals surface area contributed by atoms with Crippen molar-refractivity contribution in [3.63, 3.8) is 0 Å². The number of nitrogens with one attached hydrogen (secondary N) is 2. The molecule has 2 aromatic rings. The first kappa shape index (κ1) is 22.8. The first-order valence-electron chi connectivity index (χ1n) is 11.1. The van der Waals surface area contributed by atoms with E-state index in [2.05, 4.69) is 22.9 Å². The molecule has 0 radical (unpaired) electrons. The Balaban J connectivity index is 1.29. The van der Waals surface area contributed by atoms with E-state index in [0.717, 1.165) is 35.1 Å². The number of amides is 2. The van der Waals surface area contributed by atoms with Crippen LogP contribution in [0.1, 0.15) is 50.2 Å². The maximum Gasteiger partial charge on any atom is 0.407 e. The molecule has 8 nitrogen and oxygen atoms in total. The highest BCUT2D eigenvalue weighted by molar-refractivity contribution is 5.80. The molecule has 1 atom stereocenters. The number of hydrogen-bond acceptors (Lipinski definition) is 5. The number of rotatable bonds is 9. The summed E-state index contributed by atoms with van der Waals surface area (Å²) >= 11 is 0. The summed E-state index contributed by atoms with van der Waals surface area (Å²) in [5.74, 6) is -1.76. The zero-order valence-corrected chi connectivity index (χ0v) is 18.7. The van der Waals surface area contributed by atoms with Gasteiger partial charge >= 0.3 is 12.1 Å². The fraction of sp³-hybridized carbons (Fsp3) is 0.400. The first-order valence-corrected chi connectivity index (χ1v) is 11.1. The molecule has 0 spiro atoms. The summed E-state index contributed by atoms with van der Waals surface area (Å²) in [5.41, 5.74) is 5.80. The van der Waals surface area contributed by atoms with E-state index in [9.17, 15) is 14.4 Å². The van der Waals surface area contributed by atoms with Gasteiger partial charge in [-0.05, 0) is 54.9 Å². The molecule has 33 heavy (non-hydrogen) atoms. The van der Waals surface area contributed by atoms with E-state index in [1.807, 2.05) is 36.4 Å². The number of carboxylic acid groups (broad SMARTS) is 1. The van der Waals surface area contributed by atoms with E-state index in [-0.39, 0.29) is 24.9 Å². The summed E-state index contributed by atoms with van der Waals surface area (Å²) in [6, 6.07) is 16.1. The number of fused-ring (bicyclic) bond motifs is 3. The van der Waals surface area contributed by atoms with Gasteiger partial charge in [-0.1, -0.05) is 48.5 Å². The predicted molar refractivity (Wildman–Crippen MR) is 120 cm³/mol. The Hall–Kier alpha value is -3.39. The Labute approximate surface area is 192 Å². The molecule has 1 fully saturated rings. The van der Waals surface area contributed by atoms with Gasteiger partial charge in [-0.3, -0.25) is 9.63 Å². The van der Waals surface area contributed by atoms with Crippen molar-refractivity contribution in [2.45, 2.75) is 50.7 Å². The number of benzene rings is 2. The molecular weight excluding hydrogens is 424 g/mol. The van der Waals surface area contributed by atoms with E-state index in [4.69, 9.17) is 14.7 Å². The minimum Gasteiger partial charge on any atom is -0.479 e. The van der Waals surface area contributed by atoms with Crippen molar-refractivity contribution in [2.75, 3.05) is 6.61 Å². The lowest BCUT2D eigenvalue weighted by Crippen LogP contribution is -2.48. The molecule has 3 N–H and O–H groups in total. The fourth-order valence-electron chi connectivity index (χ4n) is 4.27. The van der Waals surface area contributed by atoms with Gasteiger partial charge in [0.05, 0.1) is 6.42 Å². The van der Waals surface area contributed by atoms with Crippen LogP contribution in [0.25, 0.3) is 11.1 Å². The Kier molecular flexibility index (Phi) is 6.37. The van der Waals surface area contributed by atoms with E-state index < -0.39 is 29.6 Å². The second-order valence-electron chi connectivity index (χ2n) is 9.25. The third kappa shape index (κ3) is 5.34. The Morgan fingerprint density at radius 1 is 1.03 bits per heavy atom. The van der Waals surface area contributed by atoms with Crippen molar-refractivity contribution in [1.82, 2.24) is 10.8 Å². The van der Waals surface area contributed by atoms with Gasteiger partial charge in [-0.15, -0.1) is 0 Å². The Morgan fingerprint density at radius 3 is 2.15 bits per heavy atom. The molecule has 1 saturated carbocycles. The summed E-state index contributed by atoms with van der Waals surface area (Å²) in [6.45, 7) is 3.54. The van der Waals surface area contributed by atoms with Crippen LogP contribution in [0.5, 0.6) is 0 Å². The molecular formula is C25H28N2O6. The molecule has 0 bridgehead atoms. The molecule has 1 unspecified atom stereocenters. The van der Waals surface area contributed by atoms with Gasteiger partial charge in [0.15, 0.2) is 6.10 Å². The second-order valence-corrected chi connectivity index (χ2v) is 9.25. The van der Waals surface area contributed by atoms with Crippen LogP contribution in [0, 0.1) is 5.92 Å². The van der Waals surface area contributed by atoms with Gasteiger partial charge in [-0.2, -0.15) is 0 Å². The van der Waals surface area contributed by atoms with Gasteiger partial charge in [-0.25, -0.2) is 15.1 Å². The second kappa shape index (κ2) is 9.23. The van der Waals surface area contributed by atoms with Crippen molar-refractivity contribution in [1.29, 1.82) is 0 Å². The Morgan fingerprint density at radius 2 is 1.61 bits per heavy atom. The zero-order valence-electron chi connectivity index (χ0n) is 18.7. The molecule has 2 amide bonds. The topological polar surface area (TPSA) is 114 Å². The number of carbonyl (C=O) groups excluding carboxylic acids is 2. The molecule has 2 aliphatic carbocycles.